The van der Waals surface area contributed by atoms with Crippen LogP contribution in [0.25, 0.3) is 0 Å². The van der Waals surface area contributed by atoms with E-state index in [2.05, 4.69) is 48.1 Å². The Bertz CT molecular complexity index is 2390. The van der Waals surface area contributed by atoms with Gasteiger partial charge in [0.2, 0.25) is 0 Å². The van der Waals surface area contributed by atoms with Crippen LogP contribution >= 0.6 is 0 Å². The first-order valence-corrected chi connectivity index (χ1v) is 19.5. The number of aromatic nitrogens is 1. The monoisotopic (exact) mass is 1050 g/mol. The van der Waals surface area contributed by atoms with Crippen LogP contribution in [0.15, 0.2) is 128 Å². The zero-order valence-electron chi connectivity index (χ0n) is 34.9. The summed E-state index contributed by atoms with van der Waals surface area (Å²) in [7, 11) is 0. The first kappa shape index (κ1) is 55.6. The van der Waals surface area contributed by atoms with E-state index in [4.69, 9.17) is 0 Å². The van der Waals surface area contributed by atoms with Gasteiger partial charge in [0.1, 0.15) is 6.15 Å². The van der Waals surface area contributed by atoms with Crippen LogP contribution in [0.2, 0.25) is 0 Å². The molecule has 71 heavy (non-hydrogen) atoms. The number of benzene rings is 5. The van der Waals surface area contributed by atoms with E-state index in [-0.39, 0.29) is 0 Å². The summed E-state index contributed by atoms with van der Waals surface area (Å²) in [4.78, 5) is 0. The molecule has 0 amide bonds. The van der Waals surface area contributed by atoms with E-state index in [1.807, 2.05) is 18.2 Å². The highest BCUT2D eigenvalue weighted by molar-refractivity contribution is 7.20. The first-order valence-electron chi connectivity index (χ1n) is 19.5. The van der Waals surface area contributed by atoms with Crippen LogP contribution in [0.4, 0.5) is 105 Å². The summed E-state index contributed by atoms with van der Waals surface area (Å²) in [5.41, 5.74) is -27.6. The molecule has 6 rings (SSSR count). The van der Waals surface area contributed by atoms with Crippen molar-refractivity contribution in [3.63, 3.8) is 0 Å². The fraction of sp³-hybridized carbons (Fsp3) is 0.222. The Morgan fingerprint density at radius 1 is 0.310 bits per heavy atom. The number of alkyl halides is 24. The number of pyridine rings is 1. The smallest absolute Gasteiger partial charge is 0.201 e. The minimum Gasteiger partial charge on any atom is -0.201 e. The molecule has 0 aliphatic rings. The van der Waals surface area contributed by atoms with Crippen LogP contribution < -0.4 is 26.4 Å². The number of rotatable bonds is 6. The number of halogens is 24. The Hall–Kier alpha value is -6.37. The Labute approximate surface area is 383 Å². The van der Waals surface area contributed by atoms with Gasteiger partial charge in [0.25, 0.3) is 0 Å². The quantitative estimate of drug-likeness (QED) is 0.0889. The maximum Gasteiger partial charge on any atom is 0.416 e. The molecule has 0 atom stereocenters. The average molecular weight is 1050 g/mol. The zero-order valence-corrected chi connectivity index (χ0v) is 34.9. The summed E-state index contributed by atoms with van der Waals surface area (Å²) in [5.74, 6) is 0. The van der Waals surface area contributed by atoms with E-state index in [0.717, 1.165) is 6.54 Å². The van der Waals surface area contributed by atoms with Crippen LogP contribution in [0, 0.1) is 6.92 Å². The Morgan fingerprint density at radius 3 is 0.718 bits per heavy atom. The molecule has 0 aliphatic carbocycles. The summed E-state index contributed by atoms with van der Waals surface area (Å²) in [6.07, 6.45) is -50.6. The van der Waals surface area contributed by atoms with Gasteiger partial charge in [0, 0.05) is 17.7 Å². The normalized spacial score (nSPS) is 13.5. The molecule has 0 radical (unpaired) electrons. The van der Waals surface area contributed by atoms with Crippen molar-refractivity contribution < 1.29 is 110 Å². The lowest BCUT2D eigenvalue weighted by atomic mass is 9.12. The molecular weight excluding hydrogens is 1020 g/mol. The molecule has 382 valence electrons. The van der Waals surface area contributed by atoms with Crippen LogP contribution in [0.5, 0.6) is 0 Å². The maximum absolute atomic E-state index is 14.2. The van der Waals surface area contributed by atoms with Gasteiger partial charge in [-0.05, 0) is 31.2 Å². The first-order chi connectivity index (χ1) is 32.1. The Morgan fingerprint density at radius 2 is 0.521 bits per heavy atom. The lowest BCUT2D eigenvalue weighted by Gasteiger charge is -2.46. The Balaban J connectivity index is 0.000000569. The van der Waals surface area contributed by atoms with E-state index in [1.165, 1.54) is 11.1 Å². The van der Waals surface area contributed by atoms with Crippen LogP contribution in [-0.2, 0) is 56.0 Å². The predicted molar refractivity (Wildman–Crippen MR) is 207 cm³/mol. The molecule has 0 spiro atoms. The highest BCUT2D eigenvalue weighted by atomic mass is 19.4. The highest BCUT2D eigenvalue weighted by Gasteiger charge is 2.47. The number of aryl methyl sites for hydroxylation is 1. The van der Waals surface area contributed by atoms with Crippen molar-refractivity contribution in [2.75, 3.05) is 0 Å². The molecule has 1 aromatic heterocycles. The van der Waals surface area contributed by atoms with E-state index in [9.17, 15) is 105 Å². The van der Waals surface area contributed by atoms with Gasteiger partial charge in [-0.2, -0.15) is 127 Å². The van der Waals surface area contributed by atoms with Gasteiger partial charge >= 0.3 is 49.4 Å². The van der Waals surface area contributed by atoms with Crippen molar-refractivity contribution in [1.29, 1.82) is 0 Å². The van der Waals surface area contributed by atoms with Crippen molar-refractivity contribution in [1.82, 2.24) is 0 Å². The van der Waals surface area contributed by atoms with Gasteiger partial charge in [-0.15, -0.1) is 0 Å². The third kappa shape index (κ3) is 13.1. The van der Waals surface area contributed by atoms with Gasteiger partial charge in [-0.25, -0.2) is 4.57 Å². The summed E-state index contributed by atoms with van der Waals surface area (Å²) in [6, 6.07) is 5.98. The summed E-state index contributed by atoms with van der Waals surface area (Å²) in [5, 5.41) is 0. The summed E-state index contributed by atoms with van der Waals surface area (Å²) in [6.45, 7) is 3.06. The molecule has 0 bridgehead atoms. The SMILES string of the molecule is Cc1ccc(C[n+]2ccccc2)cc1.FC(F)(F)c1cc([B-](c2cc(C(F)(F)F)cc(C(F)(F)F)c2)(c2cc(C(F)(F)F)cc(C(F)(F)F)c2)c2cc(C(F)(F)F)cc(C(F)(F)F)c2)cc(C(F)(F)F)c1. The molecule has 0 saturated carbocycles. The van der Waals surface area contributed by atoms with Crippen LogP contribution in [-0.4, -0.2) is 6.15 Å². The molecule has 0 unspecified atom stereocenters. The van der Waals surface area contributed by atoms with Gasteiger partial charge in [0.15, 0.2) is 18.9 Å². The predicted octanol–water partition coefficient (Wildman–Crippen LogP) is 13.5. The number of nitrogens with zero attached hydrogens (tertiary/aromatic N) is 1. The lowest BCUT2D eigenvalue weighted by molar-refractivity contribution is -0.688. The lowest BCUT2D eigenvalue weighted by Crippen LogP contribution is -2.75. The van der Waals surface area contributed by atoms with Crippen molar-refractivity contribution in [2.24, 2.45) is 0 Å². The van der Waals surface area contributed by atoms with Gasteiger partial charge < -0.3 is 0 Å². The van der Waals surface area contributed by atoms with Gasteiger partial charge in [-0.1, -0.05) is 84.4 Å². The molecule has 0 saturated heterocycles. The van der Waals surface area contributed by atoms with Crippen molar-refractivity contribution in [3.8, 4) is 0 Å². The molecule has 1 nitrogen and oxygen atoms in total. The molecule has 1 heterocycles. The molecule has 6 aromatic rings. The van der Waals surface area contributed by atoms with E-state index in [1.54, 1.807) is 0 Å². The van der Waals surface area contributed by atoms with Crippen LogP contribution in [0.1, 0.15) is 55.6 Å². The second-order valence-corrected chi connectivity index (χ2v) is 15.8. The minimum absolute atomic E-state index is 0.691. The van der Waals surface area contributed by atoms with Gasteiger partial charge in [0.05, 0.1) is 44.5 Å². The Kier molecular flexibility index (Phi) is 14.9. The molecule has 5 aromatic carbocycles. The summed E-state index contributed by atoms with van der Waals surface area (Å²) >= 11 is 0. The topological polar surface area (TPSA) is 3.88 Å². The molecule has 0 aliphatic heterocycles. The highest BCUT2D eigenvalue weighted by Crippen LogP contribution is 2.41. The zero-order chi connectivity index (χ0) is 53.7. The average Bonchev–Trinajstić information content (AvgIpc) is 3.22. The van der Waals surface area contributed by atoms with E-state index < -0.39 is 195 Å². The molecule has 0 N–H and O–H groups in total. The second kappa shape index (κ2) is 19.0. The third-order valence-electron chi connectivity index (χ3n) is 10.7. The standard InChI is InChI=1S/C32H12BF24.C13H14N/c34-25(35,36)13-1-14(26(37,38)39)6-21(5-13)33(22-7-15(27(40,41)42)2-16(8-22)28(43,44)45,23-9-17(29(46,47)48)3-18(10-23)30(49,50)51)24-11-19(31(52,53)54)4-20(12-24)32(55,56)57;1-12-5-7-13(8-6-12)11-14-9-3-2-4-10-14/h1-12H;2-10H,11H2,1H3/q-1;+1. The van der Waals surface area contributed by atoms with E-state index >= 15 is 0 Å². The van der Waals surface area contributed by atoms with Crippen molar-refractivity contribution in [3.05, 3.63) is 183 Å². The summed E-state index contributed by atoms with van der Waals surface area (Å²) < 4.78 is 343. The third-order valence-corrected chi connectivity index (χ3v) is 10.7. The minimum atomic E-state index is -6.13. The fourth-order valence-corrected chi connectivity index (χ4v) is 7.51. The molecule has 26 heteroatoms. The number of hydrogen-bond donors (Lipinski definition) is 0. The maximum atomic E-state index is 14.2. The largest absolute Gasteiger partial charge is 0.416 e. The van der Waals surface area contributed by atoms with Gasteiger partial charge in [-0.3, -0.25) is 0 Å². The van der Waals surface area contributed by atoms with Crippen molar-refractivity contribution in [2.45, 2.75) is 62.9 Å². The fourth-order valence-electron chi connectivity index (χ4n) is 7.51. The van der Waals surface area contributed by atoms with E-state index in [0.29, 0.717) is 0 Å². The van der Waals surface area contributed by atoms with Crippen LogP contribution in [0.3, 0.4) is 0 Å². The van der Waals surface area contributed by atoms with Crippen molar-refractivity contribution >= 4 is 28.0 Å². The second-order valence-electron chi connectivity index (χ2n) is 15.8. The number of hydrogen-bond acceptors (Lipinski definition) is 0. The molecule has 0 fully saturated rings. The molecular formula is C45H26BF24N.